The van der Waals surface area contributed by atoms with E-state index in [1.165, 1.54) is 32.1 Å². The van der Waals surface area contributed by atoms with E-state index in [1.54, 1.807) is 0 Å². The van der Waals surface area contributed by atoms with Gasteiger partial charge < -0.3 is 5.11 Å². The quantitative estimate of drug-likeness (QED) is 0.481. The molecule has 0 saturated heterocycles. The van der Waals surface area contributed by atoms with Crippen LogP contribution in [0.5, 0.6) is 0 Å². The molecule has 3 fully saturated rings. The Hall–Kier alpha value is -0.890. The fourth-order valence-corrected chi connectivity index (χ4v) is 8.81. The zero-order valence-corrected chi connectivity index (χ0v) is 20.9. The molecule has 0 aromatic heterocycles. The molecule has 2 nitrogen and oxygen atoms in total. The van der Waals surface area contributed by atoms with Crippen LogP contribution in [0, 0.1) is 52.3 Å². The van der Waals surface area contributed by atoms with Crippen LogP contribution in [0.3, 0.4) is 0 Å². The molecule has 0 aliphatic heterocycles. The zero-order valence-electron chi connectivity index (χ0n) is 20.9. The highest BCUT2D eigenvalue weighted by molar-refractivity contribution is 5.90. The zero-order chi connectivity index (χ0) is 22.6. The number of ketones is 1. The second kappa shape index (κ2) is 8.15. The van der Waals surface area contributed by atoms with Gasteiger partial charge in [-0.15, -0.1) is 0 Å². The minimum absolute atomic E-state index is 0.129. The molecular weight excluding hydrogens is 380 g/mol. The van der Waals surface area contributed by atoms with Crippen molar-refractivity contribution in [2.24, 2.45) is 52.3 Å². The second-order valence-corrected chi connectivity index (χ2v) is 12.5. The average Bonchev–Trinajstić information content (AvgIpc) is 3.07. The van der Waals surface area contributed by atoms with E-state index < -0.39 is 5.60 Å². The third-order valence-corrected chi connectivity index (χ3v) is 10.9. The third-order valence-electron chi connectivity index (χ3n) is 10.9. The van der Waals surface area contributed by atoms with Crippen molar-refractivity contribution in [1.82, 2.24) is 0 Å². The Morgan fingerprint density at radius 1 is 1.06 bits per heavy atom. The van der Waals surface area contributed by atoms with Crippen molar-refractivity contribution in [1.29, 1.82) is 0 Å². The fraction of sp³-hybridized carbons (Fsp3) is 0.828. The van der Waals surface area contributed by atoms with Crippen molar-refractivity contribution in [2.45, 2.75) is 98.5 Å². The molecule has 0 bridgehead atoms. The Morgan fingerprint density at radius 2 is 1.77 bits per heavy atom. The van der Waals surface area contributed by atoms with E-state index in [2.05, 4.69) is 59.8 Å². The molecule has 0 unspecified atom stereocenters. The smallest absolute Gasteiger partial charge is 0.165 e. The summed E-state index contributed by atoms with van der Waals surface area (Å²) in [6, 6.07) is 0. The standard InChI is InChI=1S/C29H46O2/c1-7-21(19(2)3)11-10-20(4)23-12-13-24-22-18-26(30)29(31)16-9-8-15-28(29,6)25(22)14-17-27(23,24)5/h8-11,19-25,31H,7,12-18H2,1-6H3/b11-10+/t20-,21-,22+,23-,24+,25+,27-,28-,29-/m1/s1. The summed E-state index contributed by atoms with van der Waals surface area (Å²) in [6.07, 6.45) is 17.5. The number of hydrogen-bond donors (Lipinski definition) is 1. The second-order valence-electron chi connectivity index (χ2n) is 12.5. The van der Waals surface area contributed by atoms with Crippen LogP contribution < -0.4 is 0 Å². The van der Waals surface area contributed by atoms with E-state index in [1.807, 2.05) is 6.08 Å². The molecule has 0 amide bonds. The molecule has 0 aromatic rings. The van der Waals surface area contributed by atoms with Crippen LogP contribution in [0.1, 0.15) is 92.9 Å². The fourth-order valence-electron chi connectivity index (χ4n) is 8.81. The molecule has 0 heterocycles. The van der Waals surface area contributed by atoms with Crippen LogP contribution in [-0.4, -0.2) is 16.5 Å². The summed E-state index contributed by atoms with van der Waals surface area (Å²) in [6.45, 7) is 14.2. The van der Waals surface area contributed by atoms with Gasteiger partial charge in [0, 0.05) is 18.3 Å². The normalized spacial score (nSPS) is 46.6. The van der Waals surface area contributed by atoms with Gasteiger partial charge >= 0.3 is 0 Å². The molecule has 4 aliphatic carbocycles. The Labute approximate surface area is 191 Å². The first-order valence-corrected chi connectivity index (χ1v) is 13.2. The highest BCUT2D eigenvalue weighted by Gasteiger charge is 2.66. The van der Waals surface area contributed by atoms with E-state index in [4.69, 9.17) is 0 Å². The largest absolute Gasteiger partial charge is 0.381 e. The van der Waals surface area contributed by atoms with Crippen molar-refractivity contribution in [2.75, 3.05) is 0 Å². The molecule has 1 N–H and O–H groups in total. The summed E-state index contributed by atoms with van der Waals surface area (Å²) in [4.78, 5) is 13.3. The Balaban J connectivity index is 1.57. The number of hydrogen-bond acceptors (Lipinski definition) is 2. The minimum atomic E-state index is -1.13. The molecule has 0 spiro atoms. The van der Waals surface area contributed by atoms with Gasteiger partial charge in [0.15, 0.2) is 5.78 Å². The summed E-state index contributed by atoms with van der Waals surface area (Å²) in [5, 5.41) is 11.5. The first-order valence-electron chi connectivity index (χ1n) is 13.2. The van der Waals surface area contributed by atoms with Gasteiger partial charge in [-0.1, -0.05) is 65.8 Å². The van der Waals surface area contributed by atoms with E-state index in [0.717, 1.165) is 6.42 Å². The van der Waals surface area contributed by atoms with Gasteiger partial charge in [-0.05, 0) is 85.4 Å². The predicted octanol–water partition coefficient (Wildman–Crippen LogP) is 6.98. The van der Waals surface area contributed by atoms with E-state index in [-0.39, 0.29) is 11.2 Å². The Morgan fingerprint density at radius 3 is 2.45 bits per heavy atom. The van der Waals surface area contributed by atoms with Crippen LogP contribution in [0.25, 0.3) is 0 Å². The first kappa shape index (κ1) is 23.3. The lowest BCUT2D eigenvalue weighted by atomic mass is 9.43. The van der Waals surface area contributed by atoms with Crippen molar-refractivity contribution in [3.8, 4) is 0 Å². The van der Waals surface area contributed by atoms with Crippen molar-refractivity contribution in [3.05, 3.63) is 24.3 Å². The van der Waals surface area contributed by atoms with E-state index >= 15 is 0 Å². The highest BCUT2D eigenvalue weighted by Crippen LogP contribution is 2.68. The molecule has 4 aliphatic rings. The summed E-state index contributed by atoms with van der Waals surface area (Å²) in [5.41, 5.74) is -1.07. The summed E-state index contributed by atoms with van der Waals surface area (Å²) in [5.74, 6) is 4.40. The van der Waals surface area contributed by atoms with Gasteiger partial charge in [-0.25, -0.2) is 0 Å². The van der Waals surface area contributed by atoms with Crippen LogP contribution >= 0.6 is 0 Å². The lowest BCUT2D eigenvalue weighted by Gasteiger charge is -2.61. The van der Waals surface area contributed by atoms with Gasteiger partial charge in [-0.3, -0.25) is 4.79 Å². The van der Waals surface area contributed by atoms with Crippen LogP contribution in [0.4, 0.5) is 0 Å². The molecule has 0 radical (unpaired) electrons. The molecule has 3 saturated carbocycles. The average molecular weight is 427 g/mol. The number of carbonyl (C=O) groups excluding carboxylic acids is 1. The van der Waals surface area contributed by atoms with Gasteiger partial charge in [0.2, 0.25) is 0 Å². The summed E-state index contributed by atoms with van der Waals surface area (Å²) < 4.78 is 0. The maximum Gasteiger partial charge on any atom is 0.165 e. The monoisotopic (exact) mass is 426 g/mol. The molecule has 31 heavy (non-hydrogen) atoms. The number of fused-ring (bicyclic) bond motifs is 5. The highest BCUT2D eigenvalue weighted by atomic mass is 16.3. The number of allylic oxidation sites excluding steroid dienone is 3. The van der Waals surface area contributed by atoms with Gasteiger partial charge in [-0.2, -0.15) is 0 Å². The number of Topliss-reactive ketones (excluding diaryl/α,β-unsaturated/α-hetero) is 1. The van der Waals surface area contributed by atoms with Crippen molar-refractivity contribution in [3.63, 3.8) is 0 Å². The van der Waals surface area contributed by atoms with Crippen LogP contribution in [0.15, 0.2) is 24.3 Å². The molecule has 2 heteroatoms. The molecule has 4 rings (SSSR count). The van der Waals surface area contributed by atoms with Crippen LogP contribution in [-0.2, 0) is 4.79 Å². The van der Waals surface area contributed by atoms with Gasteiger partial charge in [0.05, 0.1) is 0 Å². The van der Waals surface area contributed by atoms with Crippen LogP contribution in [0.2, 0.25) is 0 Å². The van der Waals surface area contributed by atoms with Crippen molar-refractivity contribution >= 4 is 5.78 Å². The maximum atomic E-state index is 13.3. The molecular formula is C29H46O2. The molecule has 9 atom stereocenters. The van der Waals surface area contributed by atoms with Gasteiger partial charge in [0.1, 0.15) is 5.60 Å². The molecule has 174 valence electrons. The predicted molar refractivity (Wildman–Crippen MR) is 129 cm³/mol. The van der Waals surface area contributed by atoms with E-state index in [9.17, 15) is 9.90 Å². The van der Waals surface area contributed by atoms with E-state index in [0.29, 0.717) is 59.7 Å². The number of rotatable bonds is 5. The van der Waals surface area contributed by atoms with Gasteiger partial charge in [0.25, 0.3) is 0 Å². The first-order chi connectivity index (χ1) is 14.6. The number of carbonyl (C=O) groups is 1. The lowest BCUT2D eigenvalue weighted by molar-refractivity contribution is -0.192. The topological polar surface area (TPSA) is 37.3 Å². The summed E-state index contributed by atoms with van der Waals surface area (Å²) in [7, 11) is 0. The van der Waals surface area contributed by atoms with Crippen molar-refractivity contribution < 1.29 is 9.90 Å². The Kier molecular flexibility index (Phi) is 6.12. The SMILES string of the molecule is CC[C@H](/C=C/[C@@H](C)[C@H]1CC[C@H]2[C@@H]3CC(=O)[C@]4(O)CC=CC[C@]4(C)[C@H]3CC[C@]12C)C(C)C. The maximum absolute atomic E-state index is 13.3. The summed E-state index contributed by atoms with van der Waals surface area (Å²) >= 11 is 0. The lowest BCUT2D eigenvalue weighted by Crippen LogP contribution is -2.65. The molecule has 0 aromatic carbocycles. The Bertz CT molecular complexity index is 750. The third kappa shape index (κ3) is 3.42. The number of aliphatic hydroxyl groups is 1. The minimum Gasteiger partial charge on any atom is -0.381 e.